The highest BCUT2D eigenvalue weighted by molar-refractivity contribution is 4.59. The average Bonchev–Trinajstić information content (AvgIpc) is 2.09. The third-order valence-electron chi connectivity index (χ3n) is 2.28. The standard InChI is InChI=1S/C12H27N/c1-5-7-9-13(10-8-6-2)11-12(3)4/h12H,5-11H2,1-4H3. The average molecular weight is 185 g/mol. The summed E-state index contributed by atoms with van der Waals surface area (Å²) in [7, 11) is 0. The Morgan fingerprint density at radius 1 is 0.923 bits per heavy atom. The van der Waals surface area contributed by atoms with Crippen LogP contribution in [0.4, 0.5) is 0 Å². The number of hydrogen-bond acceptors (Lipinski definition) is 1. The molecular weight excluding hydrogens is 158 g/mol. The van der Waals surface area contributed by atoms with Crippen LogP contribution in [0.25, 0.3) is 0 Å². The Kier molecular flexibility index (Phi) is 8.53. The van der Waals surface area contributed by atoms with Crippen molar-refractivity contribution >= 4 is 0 Å². The van der Waals surface area contributed by atoms with Crippen LogP contribution in [0.2, 0.25) is 0 Å². The summed E-state index contributed by atoms with van der Waals surface area (Å²) in [6.07, 6.45) is 5.36. The smallest absolute Gasteiger partial charge is 0.000438 e. The van der Waals surface area contributed by atoms with Crippen LogP contribution in [0.3, 0.4) is 0 Å². The lowest BCUT2D eigenvalue weighted by molar-refractivity contribution is 0.237. The van der Waals surface area contributed by atoms with Crippen molar-refractivity contribution < 1.29 is 0 Å². The molecule has 0 aromatic heterocycles. The lowest BCUT2D eigenvalue weighted by Gasteiger charge is -2.23. The van der Waals surface area contributed by atoms with Gasteiger partial charge in [-0.2, -0.15) is 0 Å². The fraction of sp³-hybridized carbons (Fsp3) is 1.00. The predicted octanol–water partition coefficient (Wildman–Crippen LogP) is 3.54. The Morgan fingerprint density at radius 2 is 1.38 bits per heavy atom. The molecule has 0 radical (unpaired) electrons. The summed E-state index contributed by atoms with van der Waals surface area (Å²) < 4.78 is 0. The first-order chi connectivity index (χ1) is 6.20. The van der Waals surface area contributed by atoms with Crippen molar-refractivity contribution in [1.82, 2.24) is 4.90 Å². The van der Waals surface area contributed by atoms with Gasteiger partial charge in [0.05, 0.1) is 0 Å². The van der Waals surface area contributed by atoms with Crippen molar-refractivity contribution in [2.75, 3.05) is 19.6 Å². The van der Waals surface area contributed by atoms with Crippen LogP contribution in [0.5, 0.6) is 0 Å². The number of rotatable bonds is 8. The van der Waals surface area contributed by atoms with Gasteiger partial charge in [0.25, 0.3) is 0 Å². The highest BCUT2D eigenvalue weighted by atomic mass is 15.1. The topological polar surface area (TPSA) is 3.24 Å². The van der Waals surface area contributed by atoms with Gasteiger partial charge in [0.15, 0.2) is 0 Å². The first-order valence-corrected chi connectivity index (χ1v) is 5.93. The second-order valence-corrected chi connectivity index (χ2v) is 4.40. The first kappa shape index (κ1) is 13.0. The molecular formula is C12H27N. The minimum Gasteiger partial charge on any atom is -0.303 e. The first-order valence-electron chi connectivity index (χ1n) is 5.93. The maximum atomic E-state index is 2.62. The highest BCUT2D eigenvalue weighted by Crippen LogP contribution is 2.03. The molecule has 0 heterocycles. The summed E-state index contributed by atoms with van der Waals surface area (Å²) in [6.45, 7) is 13.0. The van der Waals surface area contributed by atoms with Crippen LogP contribution in [-0.4, -0.2) is 24.5 Å². The summed E-state index contributed by atoms with van der Waals surface area (Å²) in [5.74, 6) is 0.814. The number of nitrogens with zero attached hydrogens (tertiary/aromatic N) is 1. The van der Waals surface area contributed by atoms with Gasteiger partial charge in [-0.3, -0.25) is 0 Å². The Hall–Kier alpha value is -0.0400. The fourth-order valence-corrected chi connectivity index (χ4v) is 1.57. The van der Waals surface area contributed by atoms with Gasteiger partial charge < -0.3 is 4.90 Å². The predicted molar refractivity (Wildman–Crippen MR) is 61.1 cm³/mol. The molecule has 0 rings (SSSR count). The summed E-state index contributed by atoms with van der Waals surface area (Å²) in [4.78, 5) is 2.62. The highest BCUT2D eigenvalue weighted by Gasteiger charge is 2.05. The van der Waals surface area contributed by atoms with Crippen LogP contribution in [-0.2, 0) is 0 Å². The van der Waals surface area contributed by atoms with E-state index in [2.05, 4.69) is 32.6 Å². The maximum absolute atomic E-state index is 2.62. The second-order valence-electron chi connectivity index (χ2n) is 4.40. The van der Waals surface area contributed by atoms with E-state index in [9.17, 15) is 0 Å². The largest absolute Gasteiger partial charge is 0.303 e. The maximum Gasteiger partial charge on any atom is 0.000438 e. The zero-order valence-electron chi connectivity index (χ0n) is 9.97. The third-order valence-corrected chi connectivity index (χ3v) is 2.28. The third kappa shape index (κ3) is 8.29. The van der Waals surface area contributed by atoms with E-state index in [4.69, 9.17) is 0 Å². The Labute approximate surface area is 84.5 Å². The molecule has 0 saturated heterocycles. The van der Waals surface area contributed by atoms with Gasteiger partial charge in [-0.05, 0) is 31.8 Å². The van der Waals surface area contributed by atoms with E-state index in [-0.39, 0.29) is 0 Å². The number of unbranched alkanes of at least 4 members (excludes halogenated alkanes) is 2. The van der Waals surface area contributed by atoms with Crippen LogP contribution in [0.15, 0.2) is 0 Å². The van der Waals surface area contributed by atoms with Gasteiger partial charge in [0, 0.05) is 6.54 Å². The number of hydrogen-bond donors (Lipinski definition) is 0. The summed E-state index contributed by atoms with van der Waals surface area (Å²) in [6, 6.07) is 0. The molecule has 0 aliphatic carbocycles. The lowest BCUT2D eigenvalue weighted by atomic mass is 10.2. The second kappa shape index (κ2) is 8.55. The van der Waals surface area contributed by atoms with Crippen molar-refractivity contribution in [3.8, 4) is 0 Å². The van der Waals surface area contributed by atoms with Gasteiger partial charge in [0.1, 0.15) is 0 Å². The normalized spacial score (nSPS) is 11.5. The van der Waals surface area contributed by atoms with Crippen molar-refractivity contribution in [1.29, 1.82) is 0 Å². The SMILES string of the molecule is CCCCN(CCCC)CC(C)C. The zero-order chi connectivity index (χ0) is 10.1. The molecule has 0 spiro atoms. The summed E-state index contributed by atoms with van der Waals surface area (Å²) >= 11 is 0. The molecule has 80 valence electrons. The Bertz CT molecular complexity index is 91.3. The van der Waals surface area contributed by atoms with Gasteiger partial charge in [-0.1, -0.05) is 40.5 Å². The minimum atomic E-state index is 0.814. The van der Waals surface area contributed by atoms with Crippen molar-refractivity contribution in [3.63, 3.8) is 0 Å². The van der Waals surface area contributed by atoms with E-state index in [0.29, 0.717) is 0 Å². The summed E-state index contributed by atoms with van der Waals surface area (Å²) in [5.41, 5.74) is 0. The van der Waals surface area contributed by atoms with Crippen molar-refractivity contribution in [3.05, 3.63) is 0 Å². The molecule has 0 unspecified atom stereocenters. The van der Waals surface area contributed by atoms with E-state index in [1.54, 1.807) is 0 Å². The molecule has 1 nitrogen and oxygen atoms in total. The Morgan fingerprint density at radius 3 is 1.69 bits per heavy atom. The zero-order valence-corrected chi connectivity index (χ0v) is 9.97. The quantitative estimate of drug-likeness (QED) is 0.559. The molecule has 1 heteroatoms. The fourth-order valence-electron chi connectivity index (χ4n) is 1.57. The van der Waals surface area contributed by atoms with Crippen LogP contribution in [0, 0.1) is 5.92 Å². The van der Waals surface area contributed by atoms with Gasteiger partial charge in [-0.15, -0.1) is 0 Å². The van der Waals surface area contributed by atoms with E-state index in [1.807, 2.05) is 0 Å². The van der Waals surface area contributed by atoms with Gasteiger partial charge in [-0.25, -0.2) is 0 Å². The van der Waals surface area contributed by atoms with Crippen LogP contribution in [0.1, 0.15) is 53.4 Å². The van der Waals surface area contributed by atoms with Crippen LogP contribution >= 0.6 is 0 Å². The molecule has 0 saturated carbocycles. The van der Waals surface area contributed by atoms with E-state index < -0.39 is 0 Å². The molecule has 0 amide bonds. The summed E-state index contributed by atoms with van der Waals surface area (Å²) in [5, 5.41) is 0. The van der Waals surface area contributed by atoms with E-state index >= 15 is 0 Å². The molecule has 0 bridgehead atoms. The minimum absolute atomic E-state index is 0.814. The van der Waals surface area contributed by atoms with Crippen molar-refractivity contribution in [2.45, 2.75) is 53.4 Å². The van der Waals surface area contributed by atoms with E-state index in [1.165, 1.54) is 45.3 Å². The lowest BCUT2D eigenvalue weighted by Crippen LogP contribution is -2.29. The molecule has 0 aliphatic rings. The monoisotopic (exact) mass is 185 g/mol. The molecule has 0 fully saturated rings. The molecule has 0 atom stereocenters. The van der Waals surface area contributed by atoms with Gasteiger partial charge >= 0.3 is 0 Å². The molecule has 0 aromatic carbocycles. The van der Waals surface area contributed by atoms with Gasteiger partial charge in [0.2, 0.25) is 0 Å². The molecule has 13 heavy (non-hydrogen) atoms. The Balaban J connectivity index is 3.60. The van der Waals surface area contributed by atoms with Crippen molar-refractivity contribution in [2.24, 2.45) is 5.92 Å². The molecule has 0 aliphatic heterocycles. The van der Waals surface area contributed by atoms with E-state index in [0.717, 1.165) is 5.92 Å². The molecule has 0 aromatic rings. The van der Waals surface area contributed by atoms with Crippen LogP contribution < -0.4 is 0 Å². The molecule has 0 N–H and O–H groups in total.